The number of aromatic nitrogens is 2. The van der Waals surface area contributed by atoms with Crippen LogP contribution in [-0.4, -0.2) is 16.7 Å². The van der Waals surface area contributed by atoms with E-state index in [9.17, 15) is 0 Å². The van der Waals surface area contributed by atoms with Gasteiger partial charge in [-0.25, -0.2) is 0 Å². The average molecular weight is 158 g/mol. The first-order valence-corrected chi connectivity index (χ1v) is 3.39. The van der Waals surface area contributed by atoms with Gasteiger partial charge < -0.3 is 0 Å². The summed E-state index contributed by atoms with van der Waals surface area (Å²) in [7, 11) is 0. The van der Waals surface area contributed by atoms with Gasteiger partial charge in [-0.1, -0.05) is 0 Å². The lowest BCUT2D eigenvalue weighted by Gasteiger charge is -2.08. The highest BCUT2D eigenvalue weighted by molar-refractivity contribution is 6.25. The number of hydrogen-bond acceptors (Lipinski definition) is 3. The van der Waals surface area contributed by atoms with Gasteiger partial charge in [0.05, 0.1) is 0 Å². The van der Waals surface area contributed by atoms with Gasteiger partial charge in [0.15, 0.2) is 5.82 Å². The number of nitrogens with zero attached hydrogens (tertiary/aromatic N) is 3. The lowest BCUT2D eigenvalue weighted by Crippen LogP contribution is -2.10. The summed E-state index contributed by atoms with van der Waals surface area (Å²) in [5.74, 6) is 0.687. The van der Waals surface area contributed by atoms with Crippen LogP contribution in [0.15, 0.2) is 18.3 Å². The summed E-state index contributed by atoms with van der Waals surface area (Å²) >= 11 is 5.72. The Morgan fingerprint density at radius 1 is 1.70 bits per heavy atom. The summed E-state index contributed by atoms with van der Waals surface area (Å²) < 4.78 is 1.51. The first kappa shape index (κ1) is 7.28. The Balaban J connectivity index is 2.75. The highest BCUT2D eigenvalue weighted by atomic mass is 35.5. The minimum absolute atomic E-state index is 0.687. The van der Waals surface area contributed by atoms with E-state index < -0.39 is 0 Å². The topological polar surface area (TPSA) is 29.0 Å². The zero-order valence-corrected chi connectivity index (χ0v) is 6.41. The third kappa shape index (κ3) is 1.57. The van der Waals surface area contributed by atoms with Crippen molar-refractivity contribution in [3.8, 4) is 0 Å². The predicted octanol–water partition coefficient (Wildman–Crippen LogP) is 1.46. The molecule has 0 atom stereocenters. The van der Waals surface area contributed by atoms with E-state index in [4.69, 9.17) is 11.8 Å². The molecule has 1 aromatic rings. The van der Waals surface area contributed by atoms with Crippen LogP contribution in [-0.2, 0) is 0 Å². The minimum atomic E-state index is 0.687. The molecule has 0 aliphatic heterocycles. The van der Waals surface area contributed by atoms with Crippen LogP contribution in [0.3, 0.4) is 0 Å². The highest BCUT2D eigenvalue weighted by Crippen LogP contribution is 2.08. The van der Waals surface area contributed by atoms with Gasteiger partial charge >= 0.3 is 0 Å². The Labute approximate surface area is 64.7 Å². The van der Waals surface area contributed by atoms with E-state index >= 15 is 0 Å². The van der Waals surface area contributed by atoms with E-state index in [1.807, 2.05) is 13.0 Å². The predicted molar refractivity (Wildman–Crippen MR) is 40.9 cm³/mol. The summed E-state index contributed by atoms with van der Waals surface area (Å²) in [6.45, 7) is 2.67. The van der Waals surface area contributed by atoms with Gasteiger partial charge in [-0.2, -0.15) is 5.10 Å². The van der Waals surface area contributed by atoms with Crippen LogP contribution in [0.5, 0.6) is 0 Å². The van der Waals surface area contributed by atoms with Crippen molar-refractivity contribution >= 4 is 17.6 Å². The van der Waals surface area contributed by atoms with Gasteiger partial charge in [0.2, 0.25) is 0 Å². The molecule has 0 unspecified atom stereocenters. The summed E-state index contributed by atoms with van der Waals surface area (Å²) in [6, 6.07) is 3.61. The fraction of sp³-hybridized carbons (Fsp3) is 0.333. The fourth-order valence-corrected chi connectivity index (χ4v) is 0.675. The van der Waals surface area contributed by atoms with Crippen molar-refractivity contribution < 1.29 is 0 Å². The van der Waals surface area contributed by atoms with Gasteiger partial charge in [0, 0.05) is 24.5 Å². The molecule has 1 heterocycles. The maximum Gasteiger partial charge on any atom is 0.165 e. The van der Waals surface area contributed by atoms with Crippen LogP contribution < -0.4 is 4.42 Å². The van der Waals surface area contributed by atoms with Crippen molar-refractivity contribution in [2.24, 2.45) is 0 Å². The molecule has 0 saturated heterocycles. The molecule has 0 aliphatic carbocycles. The molecule has 0 fully saturated rings. The summed E-state index contributed by atoms with van der Waals surface area (Å²) in [5.41, 5.74) is 0. The van der Waals surface area contributed by atoms with Crippen molar-refractivity contribution in [3.63, 3.8) is 0 Å². The Bertz CT molecular complexity index is 189. The molecule has 0 aromatic carbocycles. The van der Waals surface area contributed by atoms with Crippen LogP contribution >= 0.6 is 11.8 Å². The first-order valence-electron chi connectivity index (χ1n) is 3.05. The van der Waals surface area contributed by atoms with Crippen molar-refractivity contribution in [1.29, 1.82) is 0 Å². The smallest absolute Gasteiger partial charge is 0.165 e. The molecule has 0 N–H and O–H groups in total. The quantitative estimate of drug-likeness (QED) is 0.609. The average Bonchev–Trinajstić information content (AvgIpc) is 2.05. The fourth-order valence-electron chi connectivity index (χ4n) is 0.585. The summed E-state index contributed by atoms with van der Waals surface area (Å²) in [5, 5.41) is 7.47. The SMILES string of the molecule is CCN(Cl)c1cccnn1. The molecular formula is C6H8ClN3. The lowest BCUT2D eigenvalue weighted by atomic mass is 10.5. The number of rotatable bonds is 2. The zero-order chi connectivity index (χ0) is 7.40. The standard InChI is InChI=1S/C6H8ClN3/c1-2-10(7)6-4-3-5-8-9-6/h3-5H,2H2,1H3. The van der Waals surface area contributed by atoms with Crippen molar-refractivity contribution in [2.75, 3.05) is 11.0 Å². The highest BCUT2D eigenvalue weighted by Gasteiger charge is 1.98. The Morgan fingerprint density at radius 2 is 2.50 bits per heavy atom. The minimum Gasteiger partial charge on any atom is -0.268 e. The van der Waals surface area contributed by atoms with Crippen LogP contribution in [0, 0.1) is 0 Å². The normalized spacial score (nSPS) is 9.40. The van der Waals surface area contributed by atoms with Gasteiger partial charge in [-0.15, -0.1) is 5.10 Å². The summed E-state index contributed by atoms with van der Waals surface area (Å²) in [6.07, 6.45) is 1.61. The van der Waals surface area contributed by atoms with Crippen LogP contribution in [0.2, 0.25) is 0 Å². The largest absolute Gasteiger partial charge is 0.268 e. The molecular weight excluding hydrogens is 150 g/mol. The Morgan fingerprint density at radius 3 is 3.00 bits per heavy atom. The molecule has 0 radical (unpaired) electrons. The van der Waals surface area contributed by atoms with E-state index in [0.29, 0.717) is 5.82 Å². The van der Waals surface area contributed by atoms with Crippen LogP contribution in [0.4, 0.5) is 5.82 Å². The van der Waals surface area contributed by atoms with Crippen LogP contribution in [0.25, 0.3) is 0 Å². The number of anilines is 1. The Hall–Kier alpha value is -0.830. The van der Waals surface area contributed by atoms with Gasteiger partial charge in [0.1, 0.15) is 0 Å². The molecule has 1 aromatic heterocycles. The summed E-state index contributed by atoms with van der Waals surface area (Å²) in [4.78, 5) is 0. The molecule has 0 spiro atoms. The molecule has 3 nitrogen and oxygen atoms in total. The van der Waals surface area contributed by atoms with Gasteiger partial charge in [0.25, 0.3) is 0 Å². The zero-order valence-electron chi connectivity index (χ0n) is 5.66. The van der Waals surface area contributed by atoms with E-state index in [-0.39, 0.29) is 0 Å². The maximum absolute atomic E-state index is 5.72. The lowest BCUT2D eigenvalue weighted by molar-refractivity contribution is 0.970. The van der Waals surface area contributed by atoms with Crippen molar-refractivity contribution in [1.82, 2.24) is 10.2 Å². The second kappa shape index (κ2) is 3.37. The molecule has 10 heavy (non-hydrogen) atoms. The molecule has 1 rings (SSSR count). The Kier molecular flexibility index (Phi) is 2.45. The third-order valence-corrected chi connectivity index (χ3v) is 1.50. The molecule has 4 heteroatoms. The second-order valence-electron chi connectivity index (χ2n) is 1.76. The molecule has 0 aliphatic rings. The monoisotopic (exact) mass is 157 g/mol. The van der Waals surface area contributed by atoms with Gasteiger partial charge in [-0.05, 0) is 19.1 Å². The van der Waals surface area contributed by atoms with E-state index in [1.165, 1.54) is 4.42 Å². The molecule has 0 saturated carbocycles. The molecule has 54 valence electrons. The van der Waals surface area contributed by atoms with Crippen molar-refractivity contribution in [3.05, 3.63) is 18.3 Å². The van der Waals surface area contributed by atoms with E-state index in [1.54, 1.807) is 12.3 Å². The van der Waals surface area contributed by atoms with Crippen molar-refractivity contribution in [2.45, 2.75) is 6.92 Å². The first-order chi connectivity index (χ1) is 4.84. The maximum atomic E-state index is 5.72. The molecule has 0 bridgehead atoms. The van der Waals surface area contributed by atoms with E-state index in [0.717, 1.165) is 6.54 Å². The second-order valence-corrected chi connectivity index (χ2v) is 2.17. The number of halogens is 1. The molecule has 0 amide bonds. The van der Waals surface area contributed by atoms with E-state index in [2.05, 4.69) is 10.2 Å². The van der Waals surface area contributed by atoms with Crippen LogP contribution in [0.1, 0.15) is 6.92 Å². The number of hydrogen-bond donors (Lipinski definition) is 0. The third-order valence-electron chi connectivity index (χ3n) is 1.08. The van der Waals surface area contributed by atoms with Gasteiger partial charge in [-0.3, -0.25) is 4.42 Å².